The second-order valence-corrected chi connectivity index (χ2v) is 5.44. The normalized spacial score (nSPS) is 10.6. The zero-order chi connectivity index (χ0) is 17.5. The fourth-order valence-corrected chi connectivity index (χ4v) is 2.23. The number of amides is 2. The maximum Gasteiger partial charge on any atom is 0.259 e. The van der Waals surface area contributed by atoms with E-state index in [0.29, 0.717) is 15.6 Å². The smallest absolute Gasteiger partial charge is 0.259 e. The number of carbonyl (C=O) groups is 2. The molecule has 0 unspecified atom stereocenters. The summed E-state index contributed by atoms with van der Waals surface area (Å²) >= 11 is 11.9. The molecule has 8 heteroatoms. The van der Waals surface area contributed by atoms with Gasteiger partial charge >= 0.3 is 0 Å². The van der Waals surface area contributed by atoms with E-state index in [-0.39, 0.29) is 12.1 Å². The Hall–Kier alpha value is -2.44. The van der Waals surface area contributed by atoms with Crippen molar-refractivity contribution in [1.29, 1.82) is 0 Å². The van der Waals surface area contributed by atoms with Gasteiger partial charge in [0.1, 0.15) is 5.82 Å². The largest absolute Gasteiger partial charge is 0.343 e. The molecule has 2 N–H and O–H groups in total. The first-order valence-corrected chi connectivity index (χ1v) is 7.52. The van der Waals surface area contributed by atoms with Crippen LogP contribution in [-0.2, 0) is 4.79 Å². The van der Waals surface area contributed by atoms with Crippen molar-refractivity contribution in [2.75, 3.05) is 6.54 Å². The van der Waals surface area contributed by atoms with Gasteiger partial charge in [-0.1, -0.05) is 35.3 Å². The number of hydrazone groups is 1. The lowest BCUT2D eigenvalue weighted by molar-refractivity contribution is -0.120. The van der Waals surface area contributed by atoms with E-state index < -0.39 is 17.6 Å². The van der Waals surface area contributed by atoms with Crippen molar-refractivity contribution in [1.82, 2.24) is 10.7 Å². The summed E-state index contributed by atoms with van der Waals surface area (Å²) < 4.78 is 13.0. The molecular weight excluding hydrogens is 356 g/mol. The SMILES string of the molecule is O=C(CNC(=O)c1cccc(F)c1)N/N=C/c1c(Cl)cccc1Cl. The summed E-state index contributed by atoms with van der Waals surface area (Å²) in [6.07, 6.45) is 1.30. The van der Waals surface area contributed by atoms with Crippen molar-refractivity contribution in [2.24, 2.45) is 5.10 Å². The minimum atomic E-state index is -0.567. The van der Waals surface area contributed by atoms with Crippen LogP contribution in [0, 0.1) is 5.82 Å². The van der Waals surface area contributed by atoms with E-state index in [2.05, 4.69) is 15.8 Å². The van der Waals surface area contributed by atoms with Crippen LogP contribution >= 0.6 is 23.2 Å². The summed E-state index contributed by atoms with van der Waals surface area (Å²) in [6.45, 7) is -0.317. The number of nitrogens with zero attached hydrogens (tertiary/aromatic N) is 1. The van der Waals surface area contributed by atoms with Gasteiger partial charge < -0.3 is 5.32 Å². The highest BCUT2D eigenvalue weighted by molar-refractivity contribution is 6.38. The van der Waals surface area contributed by atoms with E-state index in [1.807, 2.05) is 0 Å². The second kappa shape index (κ2) is 8.42. The molecule has 0 spiro atoms. The van der Waals surface area contributed by atoms with Crippen LogP contribution in [0.2, 0.25) is 10.0 Å². The average Bonchev–Trinajstić information content (AvgIpc) is 2.55. The van der Waals surface area contributed by atoms with E-state index in [1.165, 1.54) is 24.4 Å². The number of carbonyl (C=O) groups excluding carboxylic acids is 2. The zero-order valence-electron chi connectivity index (χ0n) is 12.2. The van der Waals surface area contributed by atoms with Gasteiger partial charge in [-0.25, -0.2) is 9.82 Å². The molecule has 2 aromatic rings. The molecule has 124 valence electrons. The predicted octanol–water partition coefficient (Wildman–Crippen LogP) is 3.01. The lowest BCUT2D eigenvalue weighted by atomic mass is 10.2. The van der Waals surface area contributed by atoms with Crippen LogP contribution in [0.3, 0.4) is 0 Å². The lowest BCUT2D eigenvalue weighted by Gasteiger charge is -2.04. The highest BCUT2D eigenvalue weighted by atomic mass is 35.5. The van der Waals surface area contributed by atoms with Crippen LogP contribution in [0.4, 0.5) is 4.39 Å². The molecule has 0 saturated heterocycles. The van der Waals surface area contributed by atoms with Gasteiger partial charge in [0.15, 0.2) is 0 Å². The standard InChI is InChI=1S/C16H12Cl2FN3O2/c17-13-5-2-6-14(18)12(13)8-21-22-15(23)9-20-16(24)10-3-1-4-11(19)7-10/h1-8H,9H2,(H,20,24)(H,22,23)/b21-8+. The topological polar surface area (TPSA) is 70.6 Å². The third kappa shape index (κ3) is 5.04. The molecule has 0 aliphatic heterocycles. The number of hydrogen-bond acceptors (Lipinski definition) is 3. The average molecular weight is 368 g/mol. The molecule has 0 atom stereocenters. The van der Waals surface area contributed by atoms with Crippen LogP contribution in [0.25, 0.3) is 0 Å². The van der Waals surface area contributed by atoms with Crippen molar-refractivity contribution < 1.29 is 14.0 Å². The number of nitrogens with one attached hydrogen (secondary N) is 2. The number of hydrogen-bond donors (Lipinski definition) is 2. The molecule has 2 amide bonds. The van der Waals surface area contributed by atoms with Gasteiger partial charge in [-0.3, -0.25) is 9.59 Å². The van der Waals surface area contributed by atoms with Crippen molar-refractivity contribution in [3.8, 4) is 0 Å². The summed E-state index contributed by atoms with van der Waals surface area (Å²) in [5.74, 6) is -1.66. The van der Waals surface area contributed by atoms with Crippen molar-refractivity contribution in [2.45, 2.75) is 0 Å². The Kier molecular flexibility index (Phi) is 6.28. The van der Waals surface area contributed by atoms with Gasteiger partial charge in [0.05, 0.1) is 22.8 Å². The molecule has 0 aromatic heterocycles. The Morgan fingerprint density at radius 2 is 1.79 bits per heavy atom. The molecule has 0 aliphatic rings. The fourth-order valence-electron chi connectivity index (χ4n) is 1.73. The Labute approximate surface area is 147 Å². The highest BCUT2D eigenvalue weighted by Crippen LogP contribution is 2.21. The Morgan fingerprint density at radius 1 is 1.12 bits per heavy atom. The number of halogens is 3. The van der Waals surface area contributed by atoms with E-state index in [1.54, 1.807) is 18.2 Å². The highest BCUT2D eigenvalue weighted by Gasteiger charge is 2.08. The summed E-state index contributed by atoms with van der Waals surface area (Å²) in [6, 6.07) is 10.1. The molecule has 0 heterocycles. The molecule has 0 saturated carbocycles. The summed E-state index contributed by atoms with van der Waals surface area (Å²) in [5, 5.41) is 6.85. The number of rotatable bonds is 5. The fraction of sp³-hybridized carbons (Fsp3) is 0.0625. The monoisotopic (exact) mass is 367 g/mol. The van der Waals surface area contributed by atoms with E-state index >= 15 is 0 Å². The van der Waals surface area contributed by atoms with Gasteiger partial charge in [0.25, 0.3) is 11.8 Å². The first kappa shape index (κ1) is 17.9. The van der Waals surface area contributed by atoms with E-state index in [0.717, 1.165) is 6.07 Å². The Morgan fingerprint density at radius 3 is 2.46 bits per heavy atom. The van der Waals surface area contributed by atoms with E-state index in [4.69, 9.17) is 23.2 Å². The van der Waals surface area contributed by atoms with Crippen LogP contribution in [0.1, 0.15) is 15.9 Å². The first-order chi connectivity index (χ1) is 11.5. The molecule has 5 nitrogen and oxygen atoms in total. The molecule has 24 heavy (non-hydrogen) atoms. The van der Waals surface area contributed by atoms with Crippen LogP contribution < -0.4 is 10.7 Å². The molecular formula is C16H12Cl2FN3O2. The molecule has 0 radical (unpaired) electrons. The van der Waals surface area contributed by atoms with Gasteiger partial charge in [0, 0.05) is 11.1 Å². The molecule has 0 aliphatic carbocycles. The third-order valence-corrected chi connectivity index (χ3v) is 3.54. The van der Waals surface area contributed by atoms with Gasteiger partial charge in [-0.05, 0) is 30.3 Å². The number of benzene rings is 2. The van der Waals surface area contributed by atoms with E-state index in [9.17, 15) is 14.0 Å². The molecule has 2 rings (SSSR count). The Balaban J connectivity index is 1.85. The van der Waals surface area contributed by atoms with Gasteiger partial charge in [-0.15, -0.1) is 0 Å². The van der Waals surface area contributed by atoms with Crippen LogP contribution in [0.5, 0.6) is 0 Å². The van der Waals surface area contributed by atoms with Gasteiger partial charge in [-0.2, -0.15) is 5.10 Å². The van der Waals surface area contributed by atoms with Crippen molar-refractivity contribution in [3.05, 3.63) is 69.5 Å². The Bertz CT molecular complexity index is 776. The maximum atomic E-state index is 13.0. The summed E-state index contributed by atoms with van der Waals surface area (Å²) in [7, 11) is 0. The second-order valence-electron chi connectivity index (χ2n) is 4.62. The summed E-state index contributed by atoms with van der Waals surface area (Å²) in [4.78, 5) is 23.4. The molecule has 0 bridgehead atoms. The first-order valence-electron chi connectivity index (χ1n) is 6.77. The molecule has 0 fully saturated rings. The zero-order valence-corrected chi connectivity index (χ0v) is 13.7. The predicted molar refractivity (Wildman–Crippen MR) is 90.9 cm³/mol. The summed E-state index contributed by atoms with van der Waals surface area (Å²) in [5.41, 5.74) is 2.81. The minimum Gasteiger partial charge on any atom is -0.343 e. The van der Waals surface area contributed by atoms with Crippen LogP contribution in [0.15, 0.2) is 47.6 Å². The van der Waals surface area contributed by atoms with Crippen LogP contribution in [-0.4, -0.2) is 24.6 Å². The minimum absolute atomic E-state index is 0.120. The quantitative estimate of drug-likeness (QED) is 0.629. The van der Waals surface area contributed by atoms with Crippen molar-refractivity contribution >= 4 is 41.2 Å². The third-order valence-electron chi connectivity index (χ3n) is 2.88. The molecule has 2 aromatic carbocycles. The van der Waals surface area contributed by atoms with Crippen molar-refractivity contribution in [3.63, 3.8) is 0 Å². The lowest BCUT2D eigenvalue weighted by Crippen LogP contribution is -2.34. The maximum absolute atomic E-state index is 13.0. The van der Waals surface area contributed by atoms with Gasteiger partial charge in [0.2, 0.25) is 0 Å².